The molecule has 0 heterocycles. The van der Waals surface area contributed by atoms with Gasteiger partial charge in [0.1, 0.15) is 11.6 Å². The first-order valence-corrected chi connectivity index (χ1v) is 12.7. The van der Waals surface area contributed by atoms with Gasteiger partial charge in [0.15, 0.2) is 34.7 Å². The quantitative estimate of drug-likeness (QED) is 0.160. The van der Waals surface area contributed by atoms with Crippen LogP contribution in [-0.2, 0) is 30.4 Å². The summed E-state index contributed by atoms with van der Waals surface area (Å²) < 4.78 is 15.2. The molecule has 2 saturated carbocycles. The lowest BCUT2D eigenvalue weighted by Gasteiger charge is -2.52. The number of primary amides is 1. The second-order valence-electron chi connectivity index (χ2n) is 10.6. The van der Waals surface area contributed by atoms with Gasteiger partial charge in [0.25, 0.3) is 0 Å². The summed E-state index contributed by atoms with van der Waals surface area (Å²) >= 11 is 0. The summed E-state index contributed by atoms with van der Waals surface area (Å²) in [4.78, 5) is 79.4. The predicted molar refractivity (Wildman–Crippen MR) is 133 cm³/mol. The summed E-state index contributed by atoms with van der Waals surface area (Å²) in [5.41, 5.74) is 1.34. The number of hydrogen-bond donors (Lipinski definition) is 5. The van der Waals surface area contributed by atoms with Gasteiger partial charge in [0.05, 0.1) is 29.8 Å². The lowest BCUT2D eigenvalue weighted by atomic mass is 9.52. The minimum absolute atomic E-state index is 0.133. The number of benzene rings is 1. The summed E-state index contributed by atoms with van der Waals surface area (Å²) in [5, 5.41) is 27.6. The summed E-state index contributed by atoms with van der Waals surface area (Å²) in [6.45, 7) is 2.31. The van der Waals surface area contributed by atoms with Gasteiger partial charge in [-0.15, -0.1) is 0 Å². The maximum absolute atomic E-state index is 15.2. The number of nitrogens with zero attached hydrogens (tertiary/aromatic N) is 1. The van der Waals surface area contributed by atoms with Crippen molar-refractivity contribution in [3.63, 3.8) is 0 Å². The molecule has 2 amide bonds. The van der Waals surface area contributed by atoms with Gasteiger partial charge in [0.2, 0.25) is 11.8 Å². The monoisotopic (exact) mass is 546 g/mol. The molecule has 210 valence electrons. The van der Waals surface area contributed by atoms with Crippen molar-refractivity contribution >= 4 is 40.6 Å². The maximum Gasteiger partial charge on any atom is 0.238 e. The van der Waals surface area contributed by atoms with Gasteiger partial charge in [-0.25, -0.2) is 4.39 Å². The number of amides is 2. The molecule has 2 fully saturated rings. The fourth-order valence-electron chi connectivity index (χ4n) is 6.29. The van der Waals surface area contributed by atoms with Crippen LogP contribution < -0.4 is 16.4 Å². The van der Waals surface area contributed by atoms with E-state index in [0.717, 1.165) is 12.5 Å². The van der Waals surface area contributed by atoms with Gasteiger partial charge >= 0.3 is 0 Å². The van der Waals surface area contributed by atoms with Crippen LogP contribution in [0.3, 0.4) is 0 Å². The van der Waals surface area contributed by atoms with E-state index in [9.17, 15) is 39.0 Å². The molecule has 3 aliphatic rings. The first-order chi connectivity index (χ1) is 18.3. The first-order valence-electron chi connectivity index (χ1n) is 12.7. The molecule has 0 aliphatic heterocycles. The lowest BCUT2D eigenvalue weighted by molar-refractivity contribution is -0.181. The van der Waals surface area contributed by atoms with Gasteiger partial charge in [-0.2, -0.15) is 0 Å². The van der Waals surface area contributed by atoms with Gasteiger partial charge < -0.3 is 26.6 Å². The zero-order chi connectivity index (χ0) is 29.0. The topological polar surface area (TPSA) is 196 Å². The van der Waals surface area contributed by atoms with Gasteiger partial charge in [-0.3, -0.25) is 33.7 Å². The zero-order valence-electron chi connectivity index (χ0n) is 21.7. The van der Waals surface area contributed by atoms with E-state index in [4.69, 9.17) is 5.73 Å². The van der Waals surface area contributed by atoms with E-state index in [1.165, 1.54) is 19.0 Å². The number of phenols is 1. The molecule has 3 aliphatic carbocycles. The van der Waals surface area contributed by atoms with Crippen molar-refractivity contribution in [1.82, 2.24) is 10.2 Å². The number of halogens is 1. The van der Waals surface area contributed by atoms with Crippen molar-refractivity contribution in [2.24, 2.45) is 29.4 Å². The van der Waals surface area contributed by atoms with E-state index < -0.39 is 87.4 Å². The van der Waals surface area contributed by atoms with E-state index >= 15 is 4.39 Å². The highest BCUT2D eigenvalue weighted by Crippen LogP contribution is 2.51. The van der Waals surface area contributed by atoms with Gasteiger partial charge in [-0.1, -0.05) is 6.92 Å². The average Bonchev–Trinajstić information content (AvgIpc) is 2.84. The van der Waals surface area contributed by atoms with Crippen LogP contribution in [0.2, 0.25) is 0 Å². The van der Waals surface area contributed by atoms with Crippen LogP contribution in [0.5, 0.6) is 5.75 Å². The summed E-state index contributed by atoms with van der Waals surface area (Å²) in [6, 6.07) is -0.363. The summed E-state index contributed by atoms with van der Waals surface area (Å²) in [6.07, 6.45) is 0.361. The smallest absolute Gasteiger partial charge is 0.238 e. The van der Waals surface area contributed by atoms with Gasteiger partial charge in [0, 0.05) is 17.5 Å². The summed E-state index contributed by atoms with van der Waals surface area (Å²) in [7, 11) is 2.94. The van der Waals surface area contributed by atoms with E-state index in [1.54, 1.807) is 0 Å². The van der Waals surface area contributed by atoms with Crippen LogP contribution >= 0.6 is 0 Å². The minimum atomic E-state index is -2.87. The number of nitrogens with one attached hydrogen (secondary N) is 2. The third-order valence-corrected chi connectivity index (χ3v) is 7.99. The molecule has 6 atom stereocenters. The number of nitrogens with two attached hydrogens (primary N) is 1. The molecule has 1 aromatic carbocycles. The average molecular weight is 547 g/mol. The highest BCUT2D eigenvalue weighted by Gasteiger charge is 2.69. The normalized spacial score (nSPS) is 30.1. The molecule has 13 heteroatoms. The SMILES string of the molecule is CCCNCC(=O)Nc1cc(F)c2c(c1O)C(=O)C1C(=O)[C@]3(O)C(=O)C(C(N)=O)C(=O)[C@@H](N(C)C)[C@@H]3C[C@@H]1C2. The van der Waals surface area contributed by atoms with Crippen LogP contribution in [0.4, 0.5) is 10.1 Å². The van der Waals surface area contributed by atoms with E-state index in [2.05, 4.69) is 10.6 Å². The molecular formula is C26H31FN4O8. The van der Waals surface area contributed by atoms with Gasteiger partial charge in [-0.05, 0) is 45.8 Å². The number of aromatic hydroxyl groups is 1. The van der Waals surface area contributed by atoms with Crippen LogP contribution in [0, 0.1) is 29.5 Å². The van der Waals surface area contributed by atoms with Crippen LogP contribution in [0.15, 0.2) is 6.07 Å². The number of rotatable bonds is 7. The van der Waals surface area contributed by atoms with E-state index in [1.807, 2.05) is 6.92 Å². The van der Waals surface area contributed by atoms with Crippen molar-refractivity contribution < 1.29 is 43.4 Å². The van der Waals surface area contributed by atoms with E-state index in [-0.39, 0.29) is 30.6 Å². The number of Topliss-reactive ketones (excluding diaryl/α,β-unsaturated/α-hetero) is 4. The number of aliphatic hydroxyl groups is 1. The fraction of sp³-hybridized carbons (Fsp3) is 0.538. The largest absolute Gasteiger partial charge is 0.505 e. The molecular weight excluding hydrogens is 515 g/mol. The molecule has 0 aromatic heterocycles. The van der Waals surface area contributed by atoms with Crippen molar-refractivity contribution in [3.05, 3.63) is 23.0 Å². The Morgan fingerprint density at radius 3 is 2.46 bits per heavy atom. The number of fused-ring (bicyclic) bond motifs is 3. The Bertz CT molecular complexity index is 1300. The zero-order valence-corrected chi connectivity index (χ0v) is 21.7. The molecule has 0 saturated heterocycles. The van der Waals surface area contributed by atoms with E-state index in [0.29, 0.717) is 6.54 Å². The number of anilines is 1. The molecule has 4 rings (SSSR count). The fourth-order valence-corrected chi connectivity index (χ4v) is 6.29. The van der Waals surface area contributed by atoms with Crippen molar-refractivity contribution in [1.29, 1.82) is 0 Å². The van der Waals surface area contributed by atoms with Crippen LogP contribution in [-0.4, -0.2) is 88.9 Å². The number of phenolic OH excluding ortho intramolecular Hbond substituents is 1. The third-order valence-electron chi connectivity index (χ3n) is 7.99. The summed E-state index contributed by atoms with van der Waals surface area (Å²) in [5.74, 6) is -14.0. The van der Waals surface area contributed by atoms with Crippen molar-refractivity contribution in [2.75, 3.05) is 32.5 Å². The molecule has 0 bridgehead atoms. The number of carbonyl (C=O) groups is 6. The highest BCUT2D eigenvalue weighted by molar-refractivity contribution is 6.32. The number of carbonyl (C=O) groups excluding carboxylic acids is 6. The molecule has 1 aromatic rings. The second-order valence-corrected chi connectivity index (χ2v) is 10.6. The Balaban J connectivity index is 1.76. The molecule has 12 nitrogen and oxygen atoms in total. The van der Waals surface area contributed by atoms with Crippen molar-refractivity contribution in [2.45, 2.75) is 37.8 Å². The Labute approximate surface area is 223 Å². The molecule has 0 radical (unpaired) electrons. The Kier molecular flexibility index (Phi) is 7.45. The lowest BCUT2D eigenvalue weighted by Crippen LogP contribution is -2.74. The third kappa shape index (κ3) is 4.34. The molecule has 6 N–H and O–H groups in total. The minimum Gasteiger partial charge on any atom is -0.505 e. The highest BCUT2D eigenvalue weighted by atomic mass is 19.1. The molecule has 39 heavy (non-hydrogen) atoms. The number of hydrogen-bond acceptors (Lipinski definition) is 10. The number of ketones is 4. The molecule has 2 unspecified atom stereocenters. The van der Waals surface area contributed by atoms with Crippen LogP contribution in [0.25, 0.3) is 0 Å². The second kappa shape index (κ2) is 10.2. The maximum atomic E-state index is 15.2. The Morgan fingerprint density at radius 1 is 1.21 bits per heavy atom. The number of likely N-dealkylation sites (N-methyl/N-ethyl adjacent to an activating group) is 1. The Morgan fingerprint density at radius 2 is 1.87 bits per heavy atom. The predicted octanol–water partition coefficient (Wildman–Crippen LogP) is -1.06. The Hall–Kier alpha value is -3.55. The first kappa shape index (κ1) is 28.5. The molecule has 0 spiro atoms. The standard InChI is InChI=1S/C26H31FN4O8/c1-4-5-29-9-15(32)30-14-8-13(27)11-6-10-7-12-19(31(2)3)22(35)18(25(28)38)24(37)26(12,39)23(36)16(10)21(34)17(11)20(14)33/h8,10,12,16,18-19,29,33,39H,4-7,9H2,1-3H3,(H2,28,38)(H,30,32)/t10-,12-,16?,18?,19-,26-/m0/s1. The van der Waals surface area contributed by atoms with Crippen LogP contribution in [0.1, 0.15) is 35.7 Å². The van der Waals surface area contributed by atoms with Crippen molar-refractivity contribution in [3.8, 4) is 5.75 Å².